The molecule has 0 amide bonds. The first-order chi connectivity index (χ1) is 11.9. The van der Waals surface area contributed by atoms with E-state index in [1.807, 2.05) is 0 Å². The first-order valence-electron chi connectivity index (χ1n) is 8.89. The van der Waals surface area contributed by atoms with Gasteiger partial charge in [0.1, 0.15) is 0 Å². The van der Waals surface area contributed by atoms with Gasteiger partial charge < -0.3 is 9.31 Å². The lowest BCUT2D eigenvalue weighted by atomic mass is 9.77. The van der Waals surface area contributed by atoms with Crippen LogP contribution in [0.25, 0.3) is 32.3 Å². The average molecular weight is 328 g/mol. The molecule has 1 aliphatic rings. The summed E-state index contributed by atoms with van der Waals surface area (Å²) in [6.45, 7) is 8.38. The van der Waals surface area contributed by atoms with Gasteiger partial charge in [0, 0.05) is 0 Å². The first kappa shape index (κ1) is 15.2. The van der Waals surface area contributed by atoms with Gasteiger partial charge in [0.05, 0.1) is 11.2 Å². The summed E-state index contributed by atoms with van der Waals surface area (Å²) in [5.74, 6) is 0. The summed E-state index contributed by atoms with van der Waals surface area (Å²) in [5.41, 5.74) is 0.441. The van der Waals surface area contributed by atoms with Crippen molar-refractivity contribution >= 4 is 44.9 Å². The third kappa shape index (κ3) is 2.06. The van der Waals surface area contributed by atoms with Gasteiger partial charge in [-0.1, -0.05) is 54.6 Å². The van der Waals surface area contributed by atoms with Gasteiger partial charge in [0.25, 0.3) is 0 Å². The molecule has 4 aromatic carbocycles. The highest BCUT2D eigenvalue weighted by molar-refractivity contribution is 6.62. The molecule has 25 heavy (non-hydrogen) atoms. The second kappa shape index (κ2) is 4.75. The third-order valence-electron chi connectivity index (χ3n) is 6.01. The molecule has 2 nitrogen and oxygen atoms in total. The molecule has 1 heterocycles. The van der Waals surface area contributed by atoms with Gasteiger partial charge in [0.15, 0.2) is 0 Å². The van der Waals surface area contributed by atoms with E-state index in [0.29, 0.717) is 0 Å². The molecular formula is C22H21BO2. The smallest absolute Gasteiger partial charge is 0.399 e. The van der Waals surface area contributed by atoms with Crippen LogP contribution in [0.5, 0.6) is 0 Å². The quantitative estimate of drug-likeness (QED) is 0.366. The normalized spacial score (nSPS) is 19.4. The number of hydrogen-bond donors (Lipinski definition) is 0. The van der Waals surface area contributed by atoms with E-state index < -0.39 is 0 Å². The highest BCUT2D eigenvalue weighted by Gasteiger charge is 2.51. The SMILES string of the molecule is CC1(C)OB(c2cc3ccc4cccc5ccc(c2)c3c45)OC1(C)C. The lowest BCUT2D eigenvalue weighted by molar-refractivity contribution is 0.00578. The van der Waals surface area contributed by atoms with Crippen molar-refractivity contribution in [3.8, 4) is 0 Å². The van der Waals surface area contributed by atoms with Crippen molar-refractivity contribution in [2.24, 2.45) is 0 Å². The predicted molar refractivity (Wildman–Crippen MR) is 106 cm³/mol. The fourth-order valence-corrected chi connectivity index (χ4v) is 3.89. The predicted octanol–water partition coefficient (Wildman–Crippen LogP) is 4.88. The lowest BCUT2D eigenvalue weighted by Gasteiger charge is -2.32. The standard InChI is InChI=1S/C22H21BO2/c1-21(2)22(3,4)25-23(24-21)18-12-16-10-8-14-6-5-7-15-9-11-17(13-18)20(16)19(14)15/h5-13H,1-4H3. The fourth-order valence-electron chi connectivity index (χ4n) is 3.89. The van der Waals surface area contributed by atoms with Crippen LogP contribution >= 0.6 is 0 Å². The van der Waals surface area contributed by atoms with Crippen LogP contribution in [-0.2, 0) is 9.31 Å². The zero-order valence-corrected chi connectivity index (χ0v) is 15.1. The molecule has 4 aromatic rings. The monoisotopic (exact) mass is 328 g/mol. The fraction of sp³-hybridized carbons (Fsp3) is 0.273. The van der Waals surface area contributed by atoms with Gasteiger partial charge in [-0.3, -0.25) is 0 Å². The van der Waals surface area contributed by atoms with E-state index in [1.54, 1.807) is 0 Å². The van der Waals surface area contributed by atoms with E-state index in [1.165, 1.54) is 32.3 Å². The molecule has 0 radical (unpaired) electrons. The highest BCUT2D eigenvalue weighted by Crippen LogP contribution is 2.38. The van der Waals surface area contributed by atoms with Crippen LogP contribution in [0.1, 0.15) is 27.7 Å². The van der Waals surface area contributed by atoms with Crippen molar-refractivity contribution in [2.45, 2.75) is 38.9 Å². The summed E-state index contributed by atoms with van der Waals surface area (Å²) in [4.78, 5) is 0. The molecule has 124 valence electrons. The van der Waals surface area contributed by atoms with Gasteiger partial charge in [-0.05, 0) is 65.5 Å². The molecule has 1 fully saturated rings. The highest BCUT2D eigenvalue weighted by atomic mass is 16.7. The first-order valence-corrected chi connectivity index (χ1v) is 8.89. The maximum atomic E-state index is 6.26. The van der Waals surface area contributed by atoms with Crippen LogP contribution in [0.3, 0.4) is 0 Å². The molecule has 1 aliphatic heterocycles. The summed E-state index contributed by atoms with van der Waals surface area (Å²) in [6.07, 6.45) is 0. The maximum Gasteiger partial charge on any atom is 0.494 e. The van der Waals surface area contributed by atoms with Crippen LogP contribution in [0, 0.1) is 0 Å². The molecule has 5 rings (SSSR count). The molecule has 3 heteroatoms. The minimum absolute atomic E-state index is 0.323. The van der Waals surface area contributed by atoms with Crippen LogP contribution in [0.2, 0.25) is 0 Å². The molecular weight excluding hydrogens is 307 g/mol. The number of rotatable bonds is 1. The topological polar surface area (TPSA) is 18.5 Å². The summed E-state index contributed by atoms with van der Waals surface area (Å²) in [6, 6.07) is 19.8. The molecule has 0 aromatic heterocycles. The van der Waals surface area contributed by atoms with E-state index in [0.717, 1.165) is 5.46 Å². The Morgan fingerprint density at radius 3 is 1.60 bits per heavy atom. The van der Waals surface area contributed by atoms with Crippen LogP contribution < -0.4 is 5.46 Å². The van der Waals surface area contributed by atoms with Crippen molar-refractivity contribution in [3.05, 3.63) is 54.6 Å². The van der Waals surface area contributed by atoms with E-state index in [2.05, 4.69) is 82.3 Å². The molecule has 0 spiro atoms. The summed E-state index contributed by atoms with van der Waals surface area (Å²) >= 11 is 0. The molecule has 0 N–H and O–H groups in total. The second-order valence-corrected chi connectivity index (χ2v) is 8.14. The van der Waals surface area contributed by atoms with Gasteiger partial charge >= 0.3 is 7.12 Å². The Hall–Kier alpha value is -2.10. The average Bonchev–Trinajstić information content (AvgIpc) is 2.80. The van der Waals surface area contributed by atoms with Gasteiger partial charge in [-0.25, -0.2) is 0 Å². The van der Waals surface area contributed by atoms with E-state index >= 15 is 0 Å². The van der Waals surface area contributed by atoms with Crippen LogP contribution in [0.4, 0.5) is 0 Å². The molecule has 1 saturated heterocycles. The second-order valence-electron chi connectivity index (χ2n) is 8.14. The zero-order valence-electron chi connectivity index (χ0n) is 15.1. The Kier molecular flexibility index (Phi) is 2.88. The number of benzene rings is 4. The molecule has 0 bridgehead atoms. The Morgan fingerprint density at radius 2 is 1.08 bits per heavy atom. The van der Waals surface area contributed by atoms with Crippen LogP contribution in [0.15, 0.2) is 54.6 Å². The van der Waals surface area contributed by atoms with Crippen LogP contribution in [-0.4, -0.2) is 18.3 Å². The zero-order chi connectivity index (χ0) is 17.4. The van der Waals surface area contributed by atoms with E-state index in [-0.39, 0.29) is 18.3 Å². The minimum Gasteiger partial charge on any atom is -0.399 e. The molecule has 0 atom stereocenters. The van der Waals surface area contributed by atoms with Gasteiger partial charge in [0.2, 0.25) is 0 Å². The Bertz CT molecular complexity index is 1030. The van der Waals surface area contributed by atoms with E-state index in [4.69, 9.17) is 9.31 Å². The van der Waals surface area contributed by atoms with E-state index in [9.17, 15) is 0 Å². The van der Waals surface area contributed by atoms with Crippen molar-refractivity contribution in [3.63, 3.8) is 0 Å². The molecule has 0 unspecified atom stereocenters. The van der Waals surface area contributed by atoms with Crippen molar-refractivity contribution < 1.29 is 9.31 Å². The van der Waals surface area contributed by atoms with Gasteiger partial charge in [-0.2, -0.15) is 0 Å². The largest absolute Gasteiger partial charge is 0.494 e. The lowest BCUT2D eigenvalue weighted by Crippen LogP contribution is -2.41. The number of hydrogen-bond acceptors (Lipinski definition) is 2. The van der Waals surface area contributed by atoms with Gasteiger partial charge in [-0.15, -0.1) is 0 Å². The Labute approximate surface area is 148 Å². The summed E-state index contributed by atoms with van der Waals surface area (Å²) in [7, 11) is -0.327. The maximum absolute atomic E-state index is 6.26. The Balaban J connectivity index is 1.74. The van der Waals surface area contributed by atoms with Crippen molar-refractivity contribution in [1.82, 2.24) is 0 Å². The molecule has 0 aliphatic carbocycles. The summed E-state index contributed by atoms with van der Waals surface area (Å²) < 4.78 is 12.5. The minimum atomic E-state index is -0.327. The van der Waals surface area contributed by atoms with Crippen molar-refractivity contribution in [1.29, 1.82) is 0 Å². The molecule has 0 saturated carbocycles. The van der Waals surface area contributed by atoms with Crippen molar-refractivity contribution in [2.75, 3.05) is 0 Å². The Morgan fingerprint density at radius 1 is 0.640 bits per heavy atom. The summed E-state index contributed by atoms with van der Waals surface area (Å²) in [5, 5.41) is 7.74. The third-order valence-corrected chi connectivity index (χ3v) is 6.01.